The predicted octanol–water partition coefficient (Wildman–Crippen LogP) is 1.68. The van der Waals surface area contributed by atoms with Crippen LogP contribution in [0.5, 0.6) is 0 Å². The van der Waals surface area contributed by atoms with Crippen LogP contribution in [0.25, 0.3) is 0 Å². The summed E-state index contributed by atoms with van der Waals surface area (Å²) < 4.78 is 5.24. The quantitative estimate of drug-likeness (QED) is 0.785. The van der Waals surface area contributed by atoms with Crippen LogP contribution in [0.15, 0.2) is 0 Å². The van der Waals surface area contributed by atoms with Crippen molar-refractivity contribution >= 4 is 5.91 Å². The number of nitrogens with zero attached hydrogens (tertiary/aromatic N) is 2. The molecule has 128 valence electrons. The third kappa shape index (κ3) is 14.1. The van der Waals surface area contributed by atoms with Crippen LogP contribution >= 0.6 is 0 Å². The van der Waals surface area contributed by atoms with Crippen LogP contribution in [-0.2, 0) is 9.53 Å². The Balaban J connectivity index is 0. The number of hydrogen-bond donors (Lipinski definition) is 1. The zero-order chi connectivity index (χ0) is 16.7. The molecule has 0 aliphatic carbocycles. The molecule has 1 fully saturated rings. The van der Waals surface area contributed by atoms with E-state index in [1.807, 2.05) is 27.7 Å². The molecule has 0 aromatic rings. The molecule has 1 saturated heterocycles. The monoisotopic (exact) mass is 303 g/mol. The molecule has 5 heteroatoms. The van der Waals surface area contributed by atoms with Gasteiger partial charge in [-0.25, -0.2) is 0 Å². The van der Waals surface area contributed by atoms with Gasteiger partial charge in [0, 0.05) is 46.2 Å². The Kier molecular flexibility index (Phi) is 17.0. The van der Waals surface area contributed by atoms with E-state index in [2.05, 4.69) is 17.1 Å². The normalized spacial score (nSPS) is 14.7. The Bertz CT molecular complexity index is 218. The topological polar surface area (TPSA) is 44.8 Å². The molecule has 1 rings (SSSR count). The molecule has 5 nitrogen and oxygen atoms in total. The highest BCUT2D eigenvalue weighted by molar-refractivity contribution is 5.77. The Labute approximate surface area is 132 Å². The van der Waals surface area contributed by atoms with Crippen LogP contribution in [0.3, 0.4) is 0 Å². The second kappa shape index (κ2) is 15.7. The van der Waals surface area contributed by atoms with Crippen molar-refractivity contribution in [3.05, 3.63) is 0 Å². The number of morpholine rings is 1. The smallest absolute Gasteiger partial charge is 0.224 e. The van der Waals surface area contributed by atoms with Gasteiger partial charge in [-0.2, -0.15) is 0 Å². The molecule has 0 atom stereocenters. The predicted molar refractivity (Wildman–Crippen MR) is 90.7 cm³/mol. The van der Waals surface area contributed by atoms with E-state index in [4.69, 9.17) is 4.74 Å². The number of nitrogens with one attached hydrogen (secondary N) is 1. The molecule has 0 radical (unpaired) electrons. The van der Waals surface area contributed by atoms with Crippen LogP contribution in [0.1, 0.15) is 34.6 Å². The molecule has 1 heterocycles. The van der Waals surface area contributed by atoms with Crippen molar-refractivity contribution in [2.24, 2.45) is 5.92 Å². The summed E-state index contributed by atoms with van der Waals surface area (Å²) in [6, 6.07) is 0. The van der Waals surface area contributed by atoms with Crippen molar-refractivity contribution in [3.63, 3.8) is 0 Å². The maximum atomic E-state index is 10.8. The third-order valence-electron chi connectivity index (χ3n) is 2.89. The van der Waals surface area contributed by atoms with E-state index in [9.17, 15) is 4.79 Å². The summed E-state index contributed by atoms with van der Waals surface area (Å²) in [5, 5.41) is 3.31. The molecule has 21 heavy (non-hydrogen) atoms. The molecule has 0 aromatic carbocycles. The van der Waals surface area contributed by atoms with Crippen LogP contribution in [0, 0.1) is 5.92 Å². The first-order valence-corrected chi connectivity index (χ1v) is 8.21. The van der Waals surface area contributed by atoms with Gasteiger partial charge in [0.15, 0.2) is 0 Å². The number of rotatable bonds is 5. The van der Waals surface area contributed by atoms with Gasteiger partial charge in [0.2, 0.25) is 5.91 Å². The van der Waals surface area contributed by atoms with E-state index in [1.165, 1.54) is 0 Å². The van der Waals surface area contributed by atoms with E-state index in [-0.39, 0.29) is 11.8 Å². The average molecular weight is 303 g/mol. The highest BCUT2D eigenvalue weighted by atomic mass is 16.5. The van der Waals surface area contributed by atoms with Crippen molar-refractivity contribution in [2.75, 3.05) is 60.0 Å². The Morgan fingerprint density at radius 2 is 1.76 bits per heavy atom. The Morgan fingerprint density at radius 1 is 1.24 bits per heavy atom. The number of carbonyl (C=O) groups excluding carboxylic acids is 1. The second-order valence-corrected chi connectivity index (χ2v) is 5.19. The number of amides is 1. The number of hydrogen-bond acceptors (Lipinski definition) is 4. The van der Waals surface area contributed by atoms with Crippen molar-refractivity contribution in [2.45, 2.75) is 34.6 Å². The molecule has 1 amide bonds. The first-order chi connectivity index (χ1) is 9.99. The minimum absolute atomic E-state index is 0.130. The number of ether oxygens (including phenoxy) is 1. The minimum atomic E-state index is 0.130. The minimum Gasteiger partial charge on any atom is -0.379 e. The highest BCUT2D eigenvalue weighted by Gasteiger charge is 2.08. The first-order valence-electron chi connectivity index (χ1n) is 8.21. The van der Waals surface area contributed by atoms with E-state index in [0.29, 0.717) is 0 Å². The van der Waals surface area contributed by atoms with Crippen LogP contribution < -0.4 is 5.32 Å². The van der Waals surface area contributed by atoms with E-state index < -0.39 is 0 Å². The van der Waals surface area contributed by atoms with E-state index >= 15 is 0 Å². The summed E-state index contributed by atoms with van der Waals surface area (Å²) >= 11 is 0. The van der Waals surface area contributed by atoms with Gasteiger partial charge in [-0.15, -0.1) is 0 Å². The lowest BCUT2D eigenvalue weighted by molar-refractivity contribution is -0.131. The average Bonchev–Trinajstić information content (AvgIpc) is 2.50. The maximum Gasteiger partial charge on any atom is 0.224 e. The maximum absolute atomic E-state index is 10.8. The zero-order valence-electron chi connectivity index (χ0n) is 15.2. The summed E-state index contributed by atoms with van der Waals surface area (Å²) in [6.45, 7) is 17.3. The molecule has 0 saturated carbocycles. The number of likely N-dealkylation sites (N-methyl/N-ethyl adjacent to an activating group) is 1. The molecule has 0 unspecified atom stereocenters. The summed E-state index contributed by atoms with van der Waals surface area (Å²) in [6.07, 6.45) is 0. The first kappa shape index (κ1) is 22.6. The van der Waals surface area contributed by atoms with Crippen molar-refractivity contribution in [1.82, 2.24) is 15.1 Å². The van der Waals surface area contributed by atoms with Gasteiger partial charge < -0.3 is 15.0 Å². The third-order valence-corrected chi connectivity index (χ3v) is 2.89. The molecule has 0 aromatic heterocycles. The number of carbonyl (C=O) groups is 1. The van der Waals surface area contributed by atoms with Crippen molar-refractivity contribution in [3.8, 4) is 0 Å². The zero-order valence-corrected chi connectivity index (χ0v) is 15.2. The van der Waals surface area contributed by atoms with Gasteiger partial charge in [-0.05, 0) is 6.54 Å². The Morgan fingerprint density at radius 3 is 2.10 bits per heavy atom. The lowest BCUT2D eigenvalue weighted by Gasteiger charge is -2.26. The van der Waals surface area contributed by atoms with Crippen molar-refractivity contribution in [1.29, 1.82) is 0 Å². The van der Waals surface area contributed by atoms with Crippen LogP contribution in [-0.4, -0.2) is 75.7 Å². The fourth-order valence-corrected chi connectivity index (χ4v) is 1.76. The second-order valence-electron chi connectivity index (χ2n) is 5.19. The summed E-state index contributed by atoms with van der Waals surface area (Å²) in [7, 11) is 3.53. The van der Waals surface area contributed by atoms with E-state index in [0.717, 1.165) is 45.9 Å². The molecule has 1 aliphatic rings. The molecule has 0 spiro atoms. The highest BCUT2D eigenvalue weighted by Crippen LogP contribution is 1.95. The molecular formula is C16H37N3O2. The molecule has 1 aliphatic heterocycles. The largest absolute Gasteiger partial charge is 0.379 e. The van der Waals surface area contributed by atoms with Gasteiger partial charge in [-0.3, -0.25) is 9.69 Å². The van der Waals surface area contributed by atoms with Crippen LogP contribution in [0.4, 0.5) is 0 Å². The van der Waals surface area contributed by atoms with Gasteiger partial charge >= 0.3 is 0 Å². The van der Waals surface area contributed by atoms with Crippen molar-refractivity contribution < 1.29 is 9.53 Å². The summed E-state index contributed by atoms with van der Waals surface area (Å²) in [5.74, 6) is 0.315. The fraction of sp³-hybridized carbons (Fsp3) is 0.938. The SMILES string of the molecule is CC.CC(C)C(=O)N(C)C.CCNCCN1CCOCC1. The summed E-state index contributed by atoms with van der Waals surface area (Å²) in [4.78, 5) is 14.8. The molecule has 1 N–H and O–H groups in total. The Hall–Kier alpha value is -0.650. The lowest BCUT2D eigenvalue weighted by Crippen LogP contribution is -2.40. The lowest BCUT2D eigenvalue weighted by atomic mass is 10.2. The molecular weight excluding hydrogens is 266 g/mol. The van der Waals surface area contributed by atoms with Gasteiger partial charge in [0.05, 0.1) is 13.2 Å². The standard InChI is InChI=1S/C8H18N2O.C6H13NO.C2H6/c1-2-9-3-4-10-5-7-11-8-6-10;1-5(2)6(8)7(3)4;1-2/h9H,2-8H2,1H3;5H,1-4H3;1-2H3. The van der Waals surface area contributed by atoms with Gasteiger partial charge in [0.1, 0.15) is 0 Å². The van der Waals surface area contributed by atoms with Gasteiger partial charge in [0.25, 0.3) is 0 Å². The molecule has 0 bridgehead atoms. The fourth-order valence-electron chi connectivity index (χ4n) is 1.76. The van der Waals surface area contributed by atoms with Gasteiger partial charge in [-0.1, -0.05) is 34.6 Å². The van der Waals surface area contributed by atoms with E-state index in [1.54, 1.807) is 19.0 Å². The summed E-state index contributed by atoms with van der Waals surface area (Å²) in [5.41, 5.74) is 0. The van der Waals surface area contributed by atoms with Crippen LogP contribution in [0.2, 0.25) is 0 Å².